The van der Waals surface area contributed by atoms with E-state index in [0.29, 0.717) is 10.0 Å². The zero-order valence-electron chi connectivity index (χ0n) is 8.07. The average molecular weight is 271 g/mol. The summed E-state index contributed by atoms with van der Waals surface area (Å²) in [6, 6.07) is 5.07. The topological polar surface area (TPSA) is 69.2 Å². The molecule has 0 amide bonds. The Morgan fingerprint density at radius 2 is 2.13 bits per heavy atom. The summed E-state index contributed by atoms with van der Waals surface area (Å²) in [4.78, 5) is 10.5. The minimum absolute atomic E-state index is 0.117. The Bertz CT molecular complexity index is 416. The fourth-order valence-electron chi connectivity index (χ4n) is 1.90. The highest BCUT2D eigenvalue weighted by Gasteiger charge is 2.39. The minimum atomic E-state index is -0.483. The molecule has 1 aliphatic carbocycles. The molecule has 0 aliphatic heterocycles. The zero-order chi connectivity index (χ0) is 11.1. The molecule has 1 aromatic rings. The van der Waals surface area contributed by atoms with Crippen molar-refractivity contribution in [2.24, 2.45) is 5.73 Å². The summed E-state index contributed by atoms with van der Waals surface area (Å²) in [5.74, 6) is 0. The SMILES string of the molecule is NC1(c2ccc(Br)cc2[N+](=O)[O-])CCC1. The molecule has 1 aromatic carbocycles. The van der Waals surface area contributed by atoms with Gasteiger partial charge in [0.15, 0.2) is 0 Å². The van der Waals surface area contributed by atoms with Gasteiger partial charge in [-0.05, 0) is 31.4 Å². The second-order valence-corrected chi connectivity index (χ2v) is 4.84. The molecule has 0 radical (unpaired) electrons. The second-order valence-electron chi connectivity index (χ2n) is 3.93. The van der Waals surface area contributed by atoms with E-state index in [2.05, 4.69) is 15.9 Å². The summed E-state index contributed by atoms with van der Waals surface area (Å²) < 4.78 is 0.709. The van der Waals surface area contributed by atoms with Gasteiger partial charge < -0.3 is 5.73 Å². The van der Waals surface area contributed by atoms with Crippen molar-refractivity contribution in [1.29, 1.82) is 0 Å². The second kappa shape index (κ2) is 3.57. The van der Waals surface area contributed by atoms with Gasteiger partial charge in [0, 0.05) is 21.6 Å². The summed E-state index contributed by atoms with van der Waals surface area (Å²) in [7, 11) is 0. The van der Waals surface area contributed by atoms with Crippen molar-refractivity contribution < 1.29 is 4.92 Å². The largest absolute Gasteiger partial charge is 0.321 e. The number of nitro groups is 1. The van der Waals surface area contributed by atoms with Crippen molar-refractivity contribution in [1.82, 2.24) is 0 Å². The number of halogens is 1. The quantitative estimate of drug-likeness (QED) is 0.664. The van der Waals surface area contributed by atoms with Crippen molar-refractivity contribution in [3.63, 3.8) is 0 Å². The molecule has 0 spiro atoms. The van der Waals surface area contributed by atoms with Crippen molar-refractivity contribution in [3.8, 4) is 0 Å². The van der Waals surface area contributed by atoms with Gasteiger partial charge in [-0.2, -0.15) is 0 Å². The Kier molecular flexibility index (Phi) is 2.52. The maximum Gasteiger partial charge on any atom is 0.275 e. The Hall–Kier alpha value is -0.940. The fourth-order valence-corrected chi connectivity index (χ4v) is 2.25. The third-order valence-electron chi connectivity index (χ3n) is 2.94. The monoisotopic (exact) mass is 270 g/mol. The maximum atomic E-state index is 10.9. The van der Waals surface area contributed by atoms with Crippen molar-refractivity contribution in [2.75, 3.05) is 0 Å². The first-order valence-electron chi connectivity index (χ1n) is 4.76. The third-order valence-corrected chi connectivity index (χ3v) is 3.43. The van der Waals surface area contributed by atoms with E-state index in [1.807, 2.05) is 0 Å². The summed E-state index contributed by atoms with van der Waals surface area (Å²) in [6.45, 7) is 0. The van der Waals surface area contributed by atoms with Crippen LogP contribution in [0.5, 0.6) is 0 Å². The van der Waals surface area contributed by atoms with Crippen LogP contribution in [0, 0.1) is 10.1 Å². The molecule has 0 aromatic heterocycles. The van der Waals surface area contributed by atoms with Crippen LogP contribution in [0.4, 0.5) is 5.69 Å². The predicted octanol–water partition coefficient (Wildman–Crippen LogP) is 2.70. The number of hydrogen-bond acceptors (Lipinski definition) is 3. The van der Waals surface area contributed by atoms with Crippen molar-refractivity contribution in [2.45, 2.75) is 24.8 Å². The summed E-state index contributed by atoms with van der Waals surface area (Å²) >= 11 is 3.23. The van der Waals surface area contributed by atoms with Crippen LogP contribution in [-0.4, -0.2) is 4.92 Å². The van der Waals surface area contributed by atoms with Crippen LogP contribution in [0.1, 0.15) is 24.8 Å². The Balaban J connectivity index is 2.50. The number of benzene rings is 1. The molecule has 4 nitrogen and oxygen atoms in total. The van der Waals surface area contributed by atoms with E-state index < -0.39 is 5.54 Å². The van der Waals surface area contributed by atoms with E-state index >= 15 is 0 Å². The Morgan fingerprint density at radius 3 is 2.60 bits per heavy atom. The van der Waals surface area contributed by atoms with E-state index in [1.54, 1.807) is 12.1 Å². The first kappa shape index (κ1) is 10.6. The molecule has 0 heterocycles. The molecule has 0 saturated heterocycles. The van der Waals surface area contributed by atoms with Crippen LogP contribution in [0.2, 0.25) is 0 Å². The van der Waals surface area contributed by atoms with E-state index in [1.165, 1.54) is 6.07 Å². The molecule has 15 heavy (non-hydrogen) atoms. The smallest absolute Gasteiger partial charge is 0.275 e. The zero-order valence-corrected chi connectivity index (χ0v) is 9.66. The molecule has 2 N–H and O–H groups in total. The van der Waals surface area contributed by atoms with E-state index in [9.17, 15) is 10.1 Å². The van der Waals surface area contributed by atoms with Crippen LogP contribution >= 0.6 is 15.9 Å². The number of rotatable bonds is 2. The lowest BCUT2D eigenvalue weighted by Crippen LogP contribution is -2.43. The minimum Gasteiger partial charge on any atom is -0.321 e. The number of nitro benzene ring substituents is 1. The van der Waals surface area contributed by atoms with Crippen LogP contribution in [0.15, 0.2) is 22.7 Å². The summed E-state index contributed by atoms with van der Waals surface area (Å²) in [6.07, 6.45) is 2.70. The number of nitrogens with two attached hydrogens (primary N) is 1. The van der Waals surface area contributed by atoms with E-state index in [-0.39, 0.29) is 10.6 Å². The highest BCUT2D eigenvalue weighted by atomic mass is 79.9. The average Bonchev–Trinajstić information content (AvgIpc) is 2.14. The highest BCUT2D eigenvalue weighted by Crippen LogP contribution is 2.43. The molecular weight excluding hydrogens is 260 g/mol. The van der Waals surface area contributed by atoms with Gasteiger partial charge in [0.05, 0.1) is 4.92 Å². The number of hydrogen-bond donors (Lipinski definition) is 1. The van der Waals surface area contributed by atoms with Gasteiger partial charge in [0.25, 0.3) is 5.69 Å². The molecule has 0 unspecified atom stereocenters. The lowest BCUT2D eigenvalue weighted by molar-refractivity contribution is -0.386. The van der Waals surface area contributed by atoms with Gasteiger partial charge in [-0.1, -0.05) is 15.9 Å². The van der Waals surface area contributed by atoms with Gasteiger partial charge in [-0.15, -0.1) is 0 Å². The summed E-state index contributed by atoms with van der Waals surface area (Å²) in [5.41, 5.74) is 6.38. The molecule has 1 saturated carbocycles. The van der Waals surface area contributed by atoms with Crippen molar-refractivity contribution >= 4 is 21.6 Å². The van der Waals surface area contributed by atoms with Crippen LogP contribution in [0.3, 0.4) is 0 Å². The third kappa shape index (κ3) is 1.77. The van der Waals surface area contributed by atoms with Gasteiger partial charge in [0.2, 0.25) is 0 Å². The van der Waals surface area contributed by atoms with E-state index in [4.69, 9.17) is 5.73 Å². The van der Waals surface area contributed by atoms with Gasteiger partial charge in [0.1, 0.15) is 0 Å². The van der Waals surface area contributed by atoms with Gasteiger partial charge in [-0.25, -0.2) is 0 Å². The molecular formula is C10H11BrN2O2. The first-order chi connectivity index (χ1) is 7.03. The molecule has 2 rings (SSSR count). The van der Waals surface area contributed by atoms with E-state index in [0.717, 1.165) is 19.3 Å². The predicted molar refractivity (Wildman–Crippen MR) is 60.5 cm³/mol. The lowest BCUT2D eigenvalue weighted by Gasteiger charge is -2.38. The Labute approximate surface area is 95.7 Å². The normalized spacial score (nSPS) is 18.3. The van der Waals surface area contributed by atoms with Crippen LogP contribution < -0.4 is 5.73 Å². The fraction of sp³-hybridized carbons (Fsp3) is 0.400. The molecule has 80 valence electrons. The number of nitrogens with zero attached hydrogens (tertiary/aromatic N) is 1. The molecule has 0 atom stereocenters. The first-order valence-corrected chi connectivity index (χ1v) is 5.55. The summed E-state index contributed by atoms with van der Waals surface area (Å²) in [5, 5.41) is 10.9. The van der Waals surface area contributed by atoms with Gasteiger partial charge in [-0.3, -0.25) is 10.1 Å². The standard InChI is InChI=1S/C10H11BrN2O2/c11-7-2-3-8(9(6-7)13(14)15)10(12)4-1-5-10/h2-3,6H,1,4-5,12H2. The molecule has 0 bridgehead atoms. The molecule has 5 heteroatoms. The van der Waals surface area contributed by atoms with Crippen LogP contribution in [-0.2, 0) is 5.54 Å². The lowest BCUT2D eigenvalue weighted by atomic mass is 9.72. The molecule has 1 fully saturated rings. The highest BCUT2D eigenvalue weighted by molar-refractivity contribution is 9.10. The van der Waals surface area contributed by atoms with Gasteiger partial charge >= 0.3 is 0 Å². The maximum absolute atomic E-state index is 10.9. The van der Waals surface area contributed by atoms with Crippen LogP contribution in [0.25, 0.3) is 0 Å². The molecule has 1 aliphatic rings. The Morgan fingerprint density at radius 1 is 1.47 bits per heavy atom. The van der Waals surface area contributed by atoms with Crippen molar-refractivity contribution in [3.05, 3.63) is 38.3 Å².